The van der Waals surface area contributed by atoms with Crippen LogP contribution in [0.4, 0.5) is 23.3 Å². The molecule has 0 aliphatic heterocycles. The van der Waals surface area contributed by atoms with Crippen LogP contribution in [0, 0.1) is 13.8 Å². The standard InChI is InChI=1S/C19H16Cl2N4O2.C11H9Cl2N3O/c1-11-10-23-19(24-12-7-8-14(20)15(21)9-12)25-18(11)27-16-6-4-3-5-13(16)17(26)22-2;1-6-5-14-11(16-10(6)17)15-7-2-3-8(12)9(13)4-7/h3-10H,1-2H3,(H,22,26)(H,23,24,25);2-5H,1H3,(H2,14,15,16,17). The predicted octanol–water partition coefficient (Wildman–Crippen LogP) is 8.12. The quantitative estimate of drug-likeness (QED) is 0.136. The average Bonchev–Trinajstić information content (AvgIpc) is 3.01. The molecule has 14 heteroatoms. The molecule has 3 aromatic carbocycles. The Morgan fingerprint density at radius 1 is 0.795 bits per heavy atom. The molecule has 0 unspecified atom stereocenters. The third-order valence-electron chi connectivity index (χ3n) is 5.83. The largest absolute Gasteiger partial charge is 0.438 e. The van der Waals surface area contributed by atoms with Crippen molar-refractivity contribution in [3.05, 3.63) is 120 Å². The van der Waals surface area contributed by atoms with Crippen LogP contribution < -0.4 is 26.2 Å². The number of halogens is 4. The molecular formula is C30H25Cl4N7O3. The summed E-state index contributed by atoms with van der Waals surface area (Å²) in [6.07, 6.45) is 3.13. The average molecular weight is 673 g/mol. The monoisotopic (exact) mass is 671 g/mol. The number of carbonyl (C=O) groups is 1. The van der Waals surface area contributed by atoms with Gasteiger partial charge in [-0.1, -0.05) is 58.5 Å². The molecule has 10 nitrogen and oxygen atoms in total. The van der Waals surface area contributed by atoms with Crippen LogP contribution >= 0.6 is 46.4 Å². The van der Waals surface area contributed by atoms with Gasteiger partial charge in [0, 0.05) is 41.9 Å². The highest BCUT2D eigenvalue weighted by molar-refractivity contribution is 6.42. The number of carbonyl (C=O) groups excluding carboxylic acids is 1. The van der Waals surface area contributed by atoms with Crippen LogP contribution in [0.3, 0.4) is 0 Å². The molecular weight excluding hydrogens is 648 g/mol. The highest BCUT2D eigenvalue weighted by Gasteiger charge is 2.14. The fourth-order valence-electron chi connectivity index (χ4n) is 3.51. The lowest BCUT2D eigenvalue weighted by Gasteiger charge is -2.12. The summed E-state index contributed by atoms with van der Waals surface area (Å²) in [6, 6.07) is 17.1. The van der Waals surface area contributed by atoms with Crippen LogP contribution in [0.2, 0.25) is 20.1 Å². The van der Waals surface area contributed by atoms with Crippen molar-refractivity contribution in [2.24, 2.45) is 0 Å². The van der Waals surface area contributed by atoms with E-state index < -0.39 is 0 Å². The van der Waals surface area contributed by atoms with Gasteiger partial charge in [0.25, 0.3) is 11.5 Å². The van der Waals surface area contributed by atoms with Crippen molar-refractivity contribution in [1.29, 1.82) is 0 Å². The summed E-state index contributed by atoms with van der Waals surface area (Å²) in [4.78, 5) is 38.7. The zero-order chi connectivity index (χ0) is 31.8. The Balaban J connectivity index is 0.000000223. The minimum Gasteiger partial charge on any atom is -0.438 e. The van der Waals surface area contributed by atoms with Gasteiger partial charge in [-0.15, -0.1) is 0 Å². The van der Waals surface area contributed by atoms with Crippen molar-refractivity contribution in [2.45, 2.75) is 13.8 Å². The first-order valence-electron chi connectivity index (χ1n) is 12.9. The highest BCUT2D eigenvalue weighted by Crippen LogP contribution is 2.29. The number of para-hydroxylation sites is 1. The SMILES string of the molecule is CNC(=O)c1ccccc1Oc1nc(Nc2ccc(Cl)c(Cl)c2)ncc1C.Cc1cnc(Nc2ccc(Cl)c(Cl)c2)[nH]c1=O. The fraction of sp³-hybridized carbons (Fsp3) is 0.100. The number of ether oxygens (including phenoxy) is 1. The lowest BCUT2D eigenvalue weighted by Crippen LogP contribution is -2.18. The molecule has 226 valence electrons. The summed E-state index contributed by atoms with van der Waals surface area (Å²) >= 11 is 23.6. The summed E-state index contributed by atoms with van der Waals surface area (Å²) in [5, 5.41) is 10.4. The molecule has 5 rings (SSSR count). The van der Waals surface area contributed by atoms with Gasteiger partial charge in [0.1, 0.15) is 5.75 Å². The second-order valence-corrected chi connectivity index (χ2v) is 10.7. The maximum atomic E-state index is 12.0. The zero-order valence-electron chi connectivity index (χ0n) is 23.5. The fourth-order valence-corrected chi connectivity index (χ4v) is 4.10. The number of amides is 1. The van der Waals surface area contributed by atoms with Gasteiger partial charge in [0.15, 0.2) is 0 Å². The lowest BCUT2D eigenvalue weighted by molar-refractivity contribution is 0.0960. The molecule has 44 heavy (non-hydrogen) atoms. The molecule has 0 aliphatic carbocycles. The Bertz CT molecular complexity index is 1870. The Hall–Kier alpha value is -4.35. The second kappa shape index (κ2) is 14.9. The molecule has 5 aromatic rings. The van der Waals surface area contributed by atoms with Crippen molar-refractivity contribution in [3.8, 4) is 11.6 Å². The Kier molecular flexibility index (Phi) is 11.0. The maximum Gasteiger partial charge on any atom is 0.255 e. The van der Waals surface area contributed by atoms with E-state index in [1.54, 1.807) is 80.8 Å². The molecule has 2 heterocycles. The zero-order valence-corrected chi connectivity index (χ0v) is 26.5. The Labute approximate surface area is 272 Å². The first kappa shape index (κ1) is 32.6. The number of anilines is 4. The van der Waals surface area contributed by atoms with E-state index in [9.17, 15) is 9.59 Å². The number of H-pyrrole nitrogens is 1. The number of rotatable bonds is 7. The van der Waals surface area contributed by atoms with Crippen molar-refractivity contribution in [1.82, 2.24) is 25.3 Å². The highest BCUT2D eigenvalue weighted by atomic mass is 35.5. The topological polar surface area (TPSA) is 134 Å². The van der Waals surface area contributed by atoms with E-state index >= 15 is 0 Å². The number of hydrogen-bond donors (Lipinski definition) is 4. The Morgan fingerprint density at radius 2 is 1.41 bits per heavy atom. The van der Waals surface area contributed by atoms with Crippen LogP contribution in [0.25, 0.3) is 0 Å². The number of hydrogen-bond acceptors (Lipinski definition) is 8. The lowest BCUT2D eigenvalue weighted by atomic mass is 10.2. The van der Waals surface area contributed by atoms with Crippen LogP contribution in [0.1, 0.15) is 21.5 Å². The second-order valence-electron chi connectivity index (χ2n) is 9.11. The number of aryl methyl sites for hydroxylation is 2. The smallest absolute Gasteiger partial charge is 0.255 e. The number of nitrogens with zero attached hydrogens (tertiary/aromatic N) is 3. The molecule has 0 saturated heterocycles. The molecule has 0 bridgehead atoms. The van der Waals surface area contributed by atoms with Crippen molar-refractivity contribution in [3.63, 3.8) is 0 Å². The summed E-state index contributed by atoms with van der Waals surface area (Å²) in [5.74, 6) is 1.18. The summed E-state index contributed by atoms with van der Waals surface area (Å²) in [7, 11) is 1.56. The van der Waals surface area contributed by atoms with E-state index in [-0.39, 0.29) is 11.5 Å². The van der Waals surface area contributed by atoms with Gasteiger partial charge < -0.3 is 20.7 Å². The minimum absolute atomic E-state index is 0.178. The van der Waals surface area contributed by atoms with Crippen molar-refractivity contribution in [2.75, 3.05) is 17.7 Å². The van der Waals surface area contributed by atoms with Gasteiger partial charge >= 0.3 is 0 Å². The van der Waals surface area contributed by atoms with E-state index in [1.165, 1.54) is 6.20 Å². The number of benzene rings is 3. The van der Waals surface area contributed by atoms with Gasteiger partial charge in [-0.25, -0.2) is 9.97 Å². The molecule has 0 atom stereocenters. The maximum absolute atomic E-state index is 12.0. The van der Waals surface area contributed by atoms with Gasteiger partial charge in [0.2, 0.25) is 17.8 Å². The van der Waals surface area contributed by atoms with E-state index in [0.29, 0.717) is 66.1 Å². The van der Waals surface area contributed by atoms with Crippen molar-refractivity contribution >= 4 is 75.6 Å². The molecule has 1 amide bonds. The first-order chi connectivity index (χ1) is 21.0. The van der Waals surface area contributed by atoms with Crippen molar-refractivity contribution < 1.29 is 9.53 Å². The van der Waals surface area contributed by atoms with E-state index in [4.69, 9.17) is 51.1 Å². The van der Waals surface area contributed by atoms with Crippen LogP contribution in [-0.2, 0) is 0 Å². The summed E-state index contributed by atoms with van der Waals surface area (Å²) in [6.45, 7) is 3.51. The third kappa shape index (κ3) is 8.61. The summed E-state index contributed by atoms with van der Waals surface area (Å²) in [5.41, 5.74) is 2.90. The molecule has 0 saturated carbocycles. The molecule has 0 aliphatic rings. The van der Waals surface area contributed by atoms with E-state index in [2.05, 4.69) is 35.9 Å². The van der Waals surface area contributed by atoms with Crippen LogP contribution in [0.5, 0.6) is 11.6 Å². The Morgan fingerprint density at radius 3 is 2.02 bits per heavy atom. The van der Waals surface area contributed by atoms with E-state index in [1.807, 2.05) is 6.92 Å². The molecule has 2 aromatic heterocycles. The molecule has 0 radical (unpaired) electrons. The number of aromatic amines is 1. The predicted molar refractivity (Wildman–Crippen MR) is 176 cm³/mol. The van der Waals surface area contributed by atoms with Gasteiger partial charge in [-0.05, 0) is 62.4 Å². The van der Waals surface area contributed by atoms with E-state index in [0.717, 1.165) is 5.56 Å². The molecule has 0 fully saturated rings. The minimum atomic E-state index is -0.244. The van der Waals surface area contributed by atoms with Crippen LogP contribution in [0.15, 0.2) is 77.9 Å². The first-order valence-corrected chi connectivity index (χ1v) is 14.4. The molecule has 4 N–H and O–H groups in total. The third-order valence-corrected chi connectivity index (χ3v) is 7.30. The van der Waals surface area contributed by atoms with Crippen LogP contribution in [-0.4, -0.2) is 32.9 Å². The number of nitrogens with one attached hydrogen (secondary N) is 4. The van der Waals surface area contributed by atoms with Gasteiger partial charge in [-0.3, -0.25) is 14.6 Å². The summed E-state index contributed by atoms with van der Waals surface area (Å²) < 4.78 is 5.89. The molecule has 0 spiro atoms. The number of aromatic nitrogens is 4. The normalized spacial score (nSPS) is 10.3. The van der Waals surface area contributed by atoms with Gasteiger partial charge in [0.05, 0.1) is 25.7 Å². The van der Waals surface area contributed by atoms with Gasteiger partial charge in [-0.2, -0.15) is 4.98 Å².